The zero-order valence-corrected chi connectivity index (χ0v) is 15.7. The van der Waals surface area contributed by atoms with E-state index in [0.29, 0.717) is 5.92 Å². The van der Waals surface area contributed by atoms with E-state index in [9.17, 15) is 0 Å². The zero-order valence-electron chi connectivity index (χ0n) is 15.7. The van der Waals surface area contributed by atoms with Crippen LogP contribution in [0.25, 0.3) is 0 Å². The van der Waals surface area contributed by atoms with Gasteiger partial charge in [-0.15, -0.1) is 0 Å². The molecule has 0 amide bonds. The summed E-state index contributed by atoms with van der Waals surface area (Å²) in [6.07, 6.45) is 10.6. The van der Waals surface area contributed by atoms with Crippen molar-refractivity contribution in [1.29, 1.82) is 0 Å². The van der Waals surface area contributed by atoms with Crippen molar-refractivity contribution >= 4 is 0 Å². The maximum absolute atomic E-state index is 6.23. The van der Waals surface area contributed by atoms with E-state index in [4.69, 9.17) is 9.47 Å². The number of hydrogen-bond donors (Lipinski definition) is 0. The van der Waals surface area contributed by atoms with Crippen LogP contribution < -0.4 is 0 Å². The Kier molecular flexibility index (Phi) is 11.4. The first-order valence-corrected chi connectivity index (χ1v) is 9.23. The standard InChI is InChI=1S/C19H40O2/c1-8-10-11-12-13-14-15-18(7)19(9-2,20-16(3)4)21-17(5)6/h16-18H,8-15H2,1-7H3. The Morgan fingerprint density at radius 2 is 1.19 bits per heavy atom. The van der Waals surface area contributed by atoms with Gasteiger partial charge in [-0.25, -0.2) is 0 Å². The molecule has 0 aromatic heterocycles. The molecule has 0 heterocycles. The van der Waals surface area contributed by atoms with Crippen molar-refractivity contribution in [2.75, 3.05) is 0 Å². The SMILES string of the molecule is CCCCCCCCC(C)C(CC)(OC(C)C)OC(C)C. The number of rotatable bonds is 13. The van der Waals surface area contributed by atoms with Gasteiger partial charge in [0.25, 0.3) is 0 Å². The lowest BCUT2D eigenvalue weighted by Gasteiger charge is -2.41. The van der Waals surface area contributed by atoms with Gasteiger partial charge < -0.3 is 9.47 Å². The van der Waals surface area contributed by atoms with Crippen LogP contribution in [0.2, 0.25) is 0 Å². The molecule has 21 heavy (non-hydrogen) atoms. The molecule has 0 bridgehead atoms. The molecule has 1 atom stereocenters. The Balaban J connectivity index is 4.39. The van der Waals surface area contributed by atoms with Crippen LogP contribution >= 0.6 is 0 Å². The molecule has 0 radical (unpaired) electrons. The van der Waals surface area contributed by atoms with E-state index in [0.717, 1.165) is 6.42 Å². The number of ether oxygens (including phenoxy) is 2. The Hall–Kier alpha value is -0.0800. The molecule has 2 nitrogen and oxygen atoms in total. The summed E-state index contributed by atoms with van der Waals surface area (Å²) in [6, 6.07) is 0. The van der Waals surface area contributed by atoms with Crippen molar-refractivity contribution in [1.82, 2.24) is 0 Å². The van der Waals surface area contributed by atoms with Gasteiger partial charge in [0, 0.05) is 5.92 Å². The smallest absolute Gasteiger partial charge is 0.171 e. The maximum atomic E-state index is 6.23. The molecular formula is C19H40O2. The number of unbranched alkanes of at least 4 members (excludes halogenated alkanes) is 5. The van der Waals surface area contributed by atoms with Gasteiger partial charge in [0.05, 0.1) is 12.2 Å². The van der Waals surface area contributed by atoms with Crippen LogP contribution in [0.15, 0.2) is 0 Å². The summed E-state index contributed by atoms with van der Waals surface area (Å²) in [6.45, 7) is 15.2. The highest BCUT2D eigenvalue weighted by molar-refractivity contribution is 4.78. The predicted octanol–water partition coefficient (Wildman–Crippen LogP) is 6.33. The van der Waals surface area contributed by atoms with E-state index in [2.05, 4.69) is 48.5 Å². The van der Waals surface area contributed by atoms with Crippen molar-refractivity contribution in [3.8, 4) is 0 Å². The third-order valence-corrected chi connectivity index (χ3v) is 4.10. The molecule has 0 saturated heterocycles. The Bertz CT molecular complexity index is 226. The van der Waals surface area contributed by atoms with Crippen molar-refractivity contribution < 1.29 is 9.47 Å². The van der Waals surface area contributed by atoms with Crippen molar-refractivity contribution in [3.63, 3.8) is 0 Å². The van der Waals surface area contributed by atoms with Crippen molar-refractivity contribution in [2.24, 2.45) is 5.92 Å². The van der Waals surface area contributed by atoms with Gasteiger partial charge in [0.15, 0.2) is 5.79 Å². The fourth-order valence-electron chi connectivity index (χ4n) is 3.02. The van der Waals surface area contributed by atoms with E-state index >= 15 is 0 Å². The molecule has 0 aliphatic heterocycles. The average molecular weight is 301 g/mol. The highest BCUT2D eigenvalue weighted by Gasteiger charge is 2.38. The topological polar surface area (TPSA) is 18.5 Å². The van der Waals surface area contributed by atoms with E-state index in [1.807, 2.05) is 0 Å². The maximum Gasteiger partial charge on any atom is 0.171 e. The van der Waals surface area contributed by atoms with Crippen LogP contribution in [-0.2, 0) is 9.47 Å². The average Bonchev–Trinajstić information content (AvgIpc) is 2.40. The molecule has 128 valence electrons. The lowest BCUT2D eigenvalue weighted by Crippen LogP contribution is -2.45. The molecule has 0 fully saturated rings. The van der Waals surface area contributed by atoms with Gasteiger partial charge in [0.1, 0.15) is 0 Å². The zero-order chi connectivity index (χ0) is 16.3. The van der Waals surface area contributed by atoms with E-state index in [-0.39, 0.29) is 12.2 Å². The van der Waals surface area contributed by atoms with E-state index in [1.54, 1.807) is 0 Å². The first-order valence-electron chi connectivity index (χ1n) is 9.23. The van der Waals surface area contributed by atoms with Gasteiger partial charge in [-0.1, -0.05) is 59.3 Å². The van der Waals surface area contributed by atoms with Gasteiger partial charge in [0.2, 0.25) is 0 Å². The van der Waals surface area contributed by atoms with Gasteiger partial charge in [-0.3, -0.25) is 0 Å². The monoisotopic (exact) mass is 300 g/mol. The second-order valence-electron chi connectivity index (χ2n) is 6.96. The Morgan fingerprint density at radius 1 is 0.714 bits per heavy atom. The van der Waals surface area contributed by atoms with Crippen LogP contribution in [0.3, 0.4) is 0 Å². The van der Waals surface area contributed by atoms with Gasteiger partial charge in [-0.05, 0) is 40.5 Å². The highest BCUT2D eigenvalue weighted by atomic mass is 16.7. The molecule has 0 aliphatic carbocycles. The van der Waals surface area contributed by atoms with E-state index in [1.165, 1.54) is 44.9 Å². The molecular weight excluding hydrogens is 260 g/mol. The fraction of sp³-hybridized carbons (Fsp3) is 1.00. The quantitative estimate of drug-likeness (QED) is 0.292. The van der Waals surface area contributed by atoms with Gasteiger partial charge in [-0.2, -0.15) is 0 Å². The number of hydrogen-bond acceptors (Lipinski definition) is 2. The molecule has 0 aliphatic rings. The van der Waals surface area contributed by atoms with Crippen LogP contribution in [-0.4, -0.2) is 18.0 Å². The summed E-state index contributed by atoms with van der Waals surface area (Å²) in [5, 5.41) is 0. The summed E-state index contributed by atoms with van der Waals surface area (Å²) in [5.41, 5.74) is 0. The Morgan fingerprint density at radius 3 is 1.62 bits per heavy atom. The Labute approximate surface area is 134 Å². The molecule has 2 heteroatoms. The van der Waals surface area contributed by atoms with Crippen LogP contribution in [0.4, 0.5) is 0 Å². The van der Waals surface area contributed by atoms with Crippen molar-refractivity contribution in [2.45, 2.75) is 118 Å². The third-order valence-electron chi connectivity index (χ3n) is 4.10. The molecule has 0 N–H and O–H groups in total. The minimum absolute atomic E-state index is 0.204. The second-order valence-corrected chi connectivity index (χ2v) is 6.96. The summed E-state index contributed by atoms with van der Waals surface area (Å²) in [4.78, 5) is 0. The molecule has 0 aromatic carbocycles. The summed E-state index contributed by atoms with van der Waals surface area (Å²) >= 11 is 0. The summed E-state index contributed by atoms with van der Waals surface area (Å²) in [5.74, 6) is 0.0321. The summed E-state index contributed by atoms with van der Waals surface area (Å²) in [7, 11) is 0. The van der Waals surface area contributed by atoms with Crippen LogP contribution in [0.1, 0.15) is 99.8 Å². The first kappa shape index (κ1) is 20.9. The van der Waals surface area contributed by atoms with Crippen LogP contribution in [0.5, 0.6) is 0 Å². The van der Waals surface area contributed by atoms with Crippen LogP contribution in [0, 0.1) is 5.92 Å². The predicted molar refractivity (Wildman–Crippen MR) is 92.6 cm³/mol. The molecule has 1 unspecified atom stereocenters. The minimum Gasteiger partial charge on any atom is -0.347 e. The van der Waals surface area contributed by atoms with E-state index < -0.39 is 5.79 Å². The molecule has 0 aromatic rings. The lowest BCUT2D eigenvalue weighted by molar-refractivity contribution is -0.295. The third kappa shape index (κ3) is 8.83. The second kappa shape index (κ2) is 11.5. The van der Waals surface area contributed by atoms with Gasteiger partial charge >= 0.3 is 0 Å². The molecule has 0 saturated carbocycles. The molecule has 0 rings (SSSR count). The minimum atomic E-state index is -0.411. The highest BCUT2D eigenvalue weighted by Crippen LogP contribution is 2.34. The fourth-order valence-corrected chi connectivity index (χ4v) is 3.02. The summed E-state index contributed by atoms with van der Waals surface area (Å²) < 4.78 is 12.5. The normalized spacial score (nSPS) is 14.1. The lowest BCUT2D eigenvalue weighted by atomic mass is 9.91. The largest absolute Gasteiger partial charge is 0.347 e. The van der Waals surface area contributed by atoms with Crippen molar-refractivity contribution in [3.05, 3.63) is 0 Å². The molecule has 0 spiro atoms. The first-order chi connectivity index (χ1) is 9.88.